The molecule has 2 nitrogen and oxygen atoms in total. The second-order valence-corrected chi connectivity index (χ2v) is 3.91. The van der Waals surface area contributed by atoms with Gasteiger partial charge < -0.3 is 10.1 Å². The van der Waals surface area contributed by atoms with Crippen LogP contribution in [-0.2, 0) is 12.8 Å². The van der Waals surface area contributed by atoms with E-state index >= 15 is 0 Å². The highest BCUT2D eigenvalue weighted by molar-refractivity contribution is 6.18. The Hall–Kier alpha value is -0.470. The number of aromatic amines is 1. The zero-order chi connectivity index (χ0) is 9.26. The maximum absolute atomic E-state index is 9.52. The third kappa shape index (κ3) is 1.74. The fourth-order valence-corrected chi connectivity index (χ4v) is 2.06. The van der Waals surface area contributed by atoms with E-state index in [2.05, 4.69) is 11.1 Å². The smallest absolute Gasteiger partial charge is 0.107 e. The first-order valence-corrected chi connectivity index (χ1v) is 5.29. The summed E-state index contributed by atoms with van der Waals surface area (Å²) in [5, 5.41) is 9.52. The summed E-state index contributed by atoms with van der Waals surface area (Å²) in [4.78, 5) is 3.25. The van der Waals surface area contributed by atoms with Gasteiger partial charge >= 0.3 is 0 Å². The van der Waals surface area contributed by atoms with Crippen molar-refractivity contribution in [3.8, 4) is 0 Å². The number of aromatic nitrogens is 1. The van der Waals surface area contributed by atoms with Gasteiger partial charge in [0.05, 0.1) is 5.88 Å². The van der Waals surface area contributed by atoms with Crippen molar-refractivity contribution in [3.05, 3.63) is 23.0 Å². The number of aliphatic hydroxyl groups excluding tert-OH is 1. The number of aliphatic hydroxyl groups is 1. The molecule has 1 heterocycles. The van der Waals surface area contributed by atoms with E-state index in [1.54, 1.807) is 0 Å². The predicted molar refractivity (Wildman–Crippen MR) is 53.1 cm³/mol. The van der Waals surface area contributed by atoms with Gasteiger partial charge in [-0.1, -0.05) is 0 Å². The van der Waals surface area contributed by atoms with Crippen molar-refractivity contribution < 1.29 is 5.11 Å². The topological polar surface area (TPSA) is 36.0 Å². The molecular formula is C10H14ClNO. The molecule has 0 radical (unpaired) electrons. The molecule has 72 valence electrons. The number of hydrogen-bond acceptors (Lipinski definition) is 1. The Morgan fingerprint density at radius 2 is 2.23 bits per heavy atom. The van der Waals surface area contributed by atoms with Crippen molar-refractivity contribution in [2.75, 3.05) is 5.88 Å². The molecule has 0 saturated carbocycles. The van der Waals surface area contributed by atoms with Crippen LogP contribution in [0.25, 0.3) is 0 Å². The van der Waals surface area contributed by atoms with Gasteiger partial charge in [0.25, 0.3) is 0 Å². The van der Waals surface area contributed by atoms with Crippen molar-refractivity contribution in [1.82, 2.24) is 4.98 Å². The average molecular weight is 200 g/mol. The lowest BCUT2D eigenvalue weighted by atomic mass is 9.98. The van der Waals surface area contributed by atoms with Gasteiger partial charge in [-0.15, -0.1) is 11.6 Å². The molecule has 1 aliphatic rings. The summed E-state index contributed by atoms with van der Waals surface area (Å²) in [6, 6.07) is 2.06. The van der Waals surface area contributed by atoms with Crippen LogP contribution in [-0.4, -0.2) is 16.0 Å². The Kier molecular flexibility index (Phi) is 2.61. The molecule has 0 saturated heterocycles. The quantitative estimate of drug-likeness (QED) is 0.704. The largest absolute Gasteiger partial charge is 0.386 e. The molecule has 2 N–H and O–H groups in total. The molecule has 3 heteroatoms. The van der Waals surface area contributed by atoms with Gasteiger partial charge in [0.15, 0.2) is 0 Å². The van der Waals surface area contributed by atoms with Crippen molar-refractivity contribution in [1.29, 1.82) is 0 Å². The number of alkyl halides is 1. The summed E-state index contributed by atoms with van der Waals surface area (Å²) in [7, 11) is 0. The van der Waals surface area contributed by atoms with Crippen molar-refractivity contribution in [3.63, 3.8) is 0 Å². The normalized spacial score (nSPS) is 18.3. The molecule has 0 aromatic carbocycles. The molecule has 0 bridgehead atoms. The van der Waals surface area contributed by atoms with E-state index in [1.165, 1.54) is 24.1 Å². The number of rotatable bonds is 2. The van der Waals surface area contributed by atoms with E-state index in [1.807, 2.05) is 0 Å². The minimum Gasteiger partial charge on any atom is -0.386 e. The third-order valence-electron chi connectivity index (χ3n) is 2.64. The summed E-state index contributed by atoms with van der Waals surface area (Å²) in [5.74, 6) is 0.263. The fraction of sp³-hybridized carbons (Fsp3) is 0.600. The van der Waals surface area contributed by atoms with Crippen LogP contribution in [0.3, 0.4) is 0 Å². The van der Waals surface area contributed by atoms with Crippen LogP contribution in [0.2, 0.25) is 0 Å². The molecule has 1 aromatic rings. The fourth-order valence-electron chi connectivity index (χ4n) is 1.89. The Bertz CT molecular complexity index is 272. The Balaban J connectivity index is 2.25. The number of halogens is 1. The summed E-state index contributed by atoms with van der Waals surface area (Å²) >= 11 is 5.58. The monoisotopic (exact) mass is 199 g/mol. The van der Waals surface area contributed by atoms with Crippen LogP contribution in [0.15, 0.2) is 6.07 Å². The standard InChI is InChI=1S/C10H14ClNO/c11-6-10(13)9-5-7-3-1-2-4-8(7)12-9/h5,10,12-13H,1-4,6H2. The van der Waals surface area contributed by atoms with E-state index in [0.717, 1.165) is 18.5 Å². The van der Waals surface area contributed by atoms with E-state index in [4.69, 9.17) is 11.6 Å². The molecule has 2 rings (SSSR count). The van der Waals surface area contributed by atoms with Crippen molar-refractivity contribution >= 4 is 11.6 Å². The predicted octanol–water partition coefficient (Wildman–Crippen LogP) is 2.17. The number of nitrogens with one attached hydrogen (secondary N) is 1. The number of hydrogen-bond donors (Lipinski definition) is 2. The van der Waals surface area contributed by atoms with Gasteiger partial charge in [0, 0.05) is 11.4 Å². The van der Waals surface area contributed by atoms with Gasteiger partial charge in [-0.3, -0.25) is 0 Å². The lowest BCUT2D eigenvalue weighted by Gasteiger charge is -2.09. The minimum atomic E-state index is -0.535. The Labute approximate surface area is 82.9 Å². The van der Waals surface area contributed by atoms with Gasteiger partial charge in [0.2, 0.25) is 0 Å². The van der Waals surface area contributed by atoms with Gasteiger partial charge in [-0.25, -0.2) is 0 Å². The van der Waals surface area contributed by atoms with Crippen LogP contribution in [0.1, 0.15) is 35.9 Å². The van der Waals surface area contributed by atoms with Crippen molar-refractivity contribution in [2.45, 2.75) is 31.8 Å². The van der Waals surface area contributed by atoms with Gasteiger partial charge in [0.1, 0.15) is 6.10 Å². The zero-order valence-corrected chi connectivity index (χ0v) is 8.27. The van der Waals surface area contributed by atoms with E-state index in [0.29, 0.717) is 0 Å². The van der Waals surface area contributed by atoms with Crippen LogP contribution in [0.5, 0.6) is 0 Å². The van der Waals surface area contributed by atoms with Crippen molar-refractivity contribution in [2.24, 2.45) is 0 Å². The van der Waals surface area contributed by atoms with Crippen LogP contribution in [0.4, 0.5) is 0 Å². The molecule has 1 unspecified atom stereocenters. The first-order valence-electron chi connectivity index (χ1n) is 4.76. The Morgan fingerprint density at radius 3 is 2.92 bits per heavy atom. The molecule has 13 heavy (non-hydrogen) atoms. The Morgan fingerprint density at radius 1 is 1.46 bits per heavy atom. The van der Waals surface area contributed by atoms with Crippen LogP contribution in [0, 0.1) is 0 Å². The zero-order valence-electron chi connectivity index (χ0n) is 7.52. The van der Waals surface area contributed by atoms with Gasteiger partial charge in [-0.2, -0.15) is 0 Å². The lowest BCUT2D eigenvalue weighted by molar-refractivity contribution is 0.198. The first kappa shape index (κ1) is 9.10. The molecule has 1 atom stereocenters. The summed E-state index contributed by atoms with van der Waals surface area (Å²) in [6.45, 7) is 0. The molecular weight excluding hydrogens is 186 g/mol. The van der Waals surface area contributed by atoms with E-state index in [-0.39, 0.29) is 5.88 Å². The molecule has 1 aromatic heterocycles. The molecule has 1 aliphatic carbocycles. The summed E-state index contributed by atoms with van der Waals surface area (Å²) < 4.78 is 0. The second-order valence-electron chi connectivity index (χ2n) is 3.61. The van der Waals surface area contributed by atoms with E-state index < -0.39 is 6.10 Å². The number of fused-ring (bicyclic) bond motifs is 1. The second kappa shape index (κ2) is 3.72. The van der Waals surface area contributed by atoms with Crippen LogP contribution < -0.4 is 0 Å². The van der Waals surface area contributed by atoms with Crippen LogP contribution >= 0.6 is 11.6 Å². The maximum atomic E-state index is 9.52. The van der Waals surface area contributed by atoms with E-state index in [9.17, 15) is 5.11 Å². The molecule has 0 spiro atoms. The first-order chi connectivity index (χ1) is 6.31. The van der Waals surface area contributed by atoms with Gasteiger partial charge in [-0.05, 0) is 37.3 Å². The lowest BCUT2D eigenvalue weighted by Crippen LogP contribution is -2.00. The highest BCUT2D eigenvalue weighted by Gasteiger charge is 2.15. The summed E-state index contributed by atoms with van der Waals surface area (Å²) in [6.07, 6.45) is 4.24. The summed E-state index contributed by atoms with van der Waals surface area (Å²) in [5.41, 5.74) is 3.54. The molecule has 0 aliphatic heterocycles. The maximum Gasteiger partial charge on any atom is 0.107 e. The molecule has 0 fully saturated rings. The average Bonchev–Trinajstić information content (AvgIpc) is 2.59. The number of H-pyrrole nitrogens is 1. The minimum absolute atomic E-state index is 0.263. The highest BCUT2D eigenvalue weighted by atomic mass is 35.5. The molecule has 0 amide bonds. The SMILES string of the molecule is OC(CCl)c1cc2c([nH]1)CCCC2. The third-order valence-corrected chi connectivity index (χ3v) is 2.93. The highest BCUT2D eigenvalue weighted by Crippen LogP contribution is 2.24. The number of aryl methyl sites for hydroxylation is 2.